The van der Waals surface area contributed by atoms with E-state index in [2.05, 4.69) is 87.4 Å². The molecular formula is C51H62N8O4. The molecule has 2 aromatic heterocycles. The van der Waals surface area contributed by atoms with Crippen molar-refractivity contribution in [2.45, 2.75) is 103 Å². The van der Waals surface area contributed by atoms with Crippen molar-refractivity contribution >= 4 is 17.9 Å². The van der Waals surface area contributed by atoms with E-state index in [1.165, 1.54) is 6.42 Å². The van der Waals surface area contributed by atoms with Gasteiger partial charge in [-0.05, 0) is 113 Å². The fourth-order valence-corrected chi connectivity index (χ4v) is 10.2. The molecule has 63 heavy (non-hydrogen) atoms. The van der Waals surface area contributed by atoms with E-state index in [4.69, 9.17) is 14.7 Å². The van der Waals surface area contributed by atoms with Crippen molar-refractivity contribution in [3.05, 3.63) is 108 Å². The van der Waals surface area contributed by atoms with Gasteiger partial charge in [-0.2, -0.15) is 0 Å². The number of piperidine rings is 2. The van der Waals surface area contributed by atoms with E-state index < -0.39 is 5.60 Å². The van der Waals surface area contributed by atoms with Crippen molar-refractivity contribution in [2.24, 2.45) is 11.8 Å². The number of hydrogen-bond donors (Lipinski definition) is 2. The molecule has 6 heterocycles. The molecule has 0 saturated carbocycles. The highest BCUT2D eigenvalue weighted by Crippen LogP contribution is 2.38. The first-order chi connectivity index (χ1) is 30.5. The third-order valence-electron chi connectivity index (χ3n) is 13.7. The Balaban J connectivity index is 0.839. The Hall–Kier alpha value is -5.75. The van der Waals surface area contributed by atoms with Gasteiger partial charge in [-0.15, -0.1) is 0 Å². The van der Waals surface area contributed by atoms with E-state index in [9.17, 15) is 14.4 Å². The van der Waals surface area contributed by atoms with Crippen LogP contribution in [0.1, 0.15) is 114 Å². The van der Waals surface area contributed by atoms with Gasteiger partial charge >= 0.3 is 6.09 Å². The SMILES string of the molecule is CC1CCN(C(=O)OC(C)(C)C)CC1C(=O)N1CCC[C@H]1c1ncc(-c2ccc(-c3ccc(-c4cnc([C@@H]5CCCN5C(=O)[C@@H](c5ccccc5)N5CCCCC5)[nH]4)cc3)cc2)[nH]1. The van der Waals surface area contributed by atoms with Crippen LogP contribution in [0.15, 0.2) is 91.3 Å². The zero-order valence-corrected chi connectivity index (χ0v) is 37.3. The van der Waals surface area contributed by atoms with Crippen LogP contribution in [0.4, 0.5) is 4.79 Å². The van der Waals surface area contributed by atoms with Crippen molar-refractivity contribution in [3.8, 4) is 33.6 Å². The lowest BCUT2D eigenvalue weighted by Crippen LogP contribution is -2.50. The largest absolute Gasteiger partial charge is 0.444 e. The summed E-state index contributed by atoms with van der Waals surface area (Å²) in [5.41, 5.74) is 6.62. The smallest absolute Gasteiger partial charge is 0.410 e. The summed E-state index contributed by atoms with van der Waals surface area (Å²) < 4.78 is 5.64. The van der Waals surface area contributed by atoms with Gasteiger partial charge in [0, 0.05) is 26.2 Å². The number of carbonyl (C=O) groups is 3. The summed E-state index contributed by atoms with van der Waals surface area (Å²) in [5, 5.41) is 0. The Labute approximate surface area is 371 Å². The Kier molecular flexibility index (Phi) is 12.3. The predicted octanol–water partition coefficient (Wildman–Crippen LogP) is 9.58. The summed E-state index contributed by atoms with van der Waals surface area (Å²) in [7, 11) is 0. The summed E-state index contributed by atoms with van der Waals surface area (Å²) in [6, 6.07) is 26.8. The number of aromatic nitrogens is 4. The lowest BCUT2D eigenvalue weighted by atomic mass is 9.86. The molecule has 3 amide bonds. The Morgan fingerprint density at radius 3 is 1.76 bits per heavy atom. The van der Waals surface area contributed by atoms with Crippen LogP contribution >= 0.6 is 0 Å². The van der Waals surface area contributed by atoms with Crippen molar-refractivity contribution in [3.63, 3.8) is 0 Å². The number of amides is 3. The molecule has 330 valence electrons. The molecule has 4 fully saturated rings. The molecule has 12 heteroatoms. The maximum Gasteiger partial charge on any atom is 0.410 e. The molecule has 12 nitrogen and oxygen atoms in total. The summed E-state index contributed by atoms with van der Waals surface area (Å²) in [6.07, 6.45) is 11.3. The van der Waals surface area contributed by atoms with Gasteiger partial charge in [-0.1, -0.05) is 92.2 Å². The molecular weight excluding hydrogens is 789 g/mol. The van der Waals surface area contributed by atoms with Crippen LogP contribution < -0.4 is 0 Å². The summed E-state index contributed by atoms with van der Waals surface area (Å²) in [5.74, 6) is 1.81. The second kappa shape index (κ2) is 18.2. The number of nitrogens with zero attached hydrogens (tertiary/aromatic N) is 6. The number of hydrogen-bond acceptors (Lipinski definition) is 7. The fourth-order valence-electron chi connectivity index (χ4n) is 10.2. The van der Waals surface area contributed by atoms with Crippen LogP contribution in [0.5, 0.6) is 0 Å². The number of nitrogens with one attached hydrogen (secondary N) is 2. The zero-order chi connectivity index (χ0) is 43.7. The monoisotopic (exact) mass is 850 g/mol. The van der Waals surface area contributed by atoms with Gasteiger partial charge < -0.3 is 29.4 Å². The van der Waals surface area contributed by atoms with Crippen LogP contribution in [0, 0.1) is 11.8 Å². The predicted molar refractivity (Wildman–Crippen MR) is 244 cm³/mol. The number of H-pyrrole nitrogens is 2. The van der Waals surface area contributed by atoms with E-state index >= 15 is 0 Å². The number of imidazole rings is 2. The van der Waals surface area contributed by atoms with E-state index in [0.717, 1.165) is 115 Å². The summed E-state index contributed by atoms with van der Waals surface area (Å²) in [6.45, 7) is 12.0. The minimum Gasteiger partial charge on any atom is -0.444 e. The molecule has 2 unspecified atom stereocenters. The van der Waals surface area contributed by atoms with Crippen LogP contribution in [0.3, 0.4) is 0 Å². The maximum atomic E-state index is 14.4. The molecule has 4 aliphatic heterocycles. The zero-order valence-electron chi connectivity index (χ0n) is 37.3. The van der Waals surface area contributed by atoms with Gasteiger partial charge in [0.05, 0.1) is 41.8 Å². The lowest BCUT2D eigenvalue weighted by molar-refractivity contribution is -0.140. The molecule has 2 N–H and O–H groups in total. The van der Waals surface area contributed by atoms with E-state index in [-0.39, 0.29) is 47.9 Å². The Morgan fingerprint density at radius 1 is 0.651 bits per heavy atom. The summed E-state index contributed by atoms with van der Waals surface area (Å²) in [4.78, 5) is 66.3. The number of ether oxygens (including phenoxy) is 1. The van der Waals surface area contributed by atoms with Crippen molar-refractivity contribution in [1.82, 2.24) is 39.5 Å². The van der Waals surface area contributed by atoms with E-state index in [1.807, 2.05) is 56.3 Å². The minimum atomic E-state index is -0.584. The first-order valence-electron chi connectivity index (χ1n) is 23.2. The van der Waals surface area contributed by atoms with Gasteiger partial charge in [0.25, 0.3) is 0 Å². The molecule has 9 rings (SSSR count). The first kappa shape index (κ1) is 42.5. The molecule has 0 bridgehead atoms. The average Bonchev–Trinajstić information content (AvgIpc) is 4.14. The lowest BCUT2D eigenvalue weighted by Gasteiger charge is -2.39. The molecule has 4 aliphatic rings. The third kappa shape index (κ3) is 9.19. The Bertz CT molecular complexity index is 2360. The molecule has 0 spiro atoms. The van der Waals surface area contributed by atoms with Gasteiger partial charge in [0.1, 0.15) is 23.3 Å². The molecule has 0 radical (unpaired) electrons. The molecule has 5 aromatic rings. The van der Waals surface area contributed by atoms with Crippen LogP contribution in [0.2, 0.25) is 0 Å². The second-order valence-corrected chi connectivity index (χ2v) is 19.1. The maximum absolute atomic E-state index is 14.4. The van der Waals surface area contributed by atoms with E-state index in [1.54, 1.807) is 4.90 Å². The van der Waals surface area contributed by atoms with Crippen LogP contribution in [-0.2, 0) is 14.3 Å². The van der Waals surface area contributed by atoms with Crippen LogP contribution in [-0.4, -0.2) is 102 Å². The molecule has 3 aromatic carbocycles. The first-order valence-corrected chi connectivity index (χ1v) is 23.2. The standard InChI is InChI=1S/C51H62N8O4/c1-34-25-30-57(50(62)63-51(2,3)4)33-40(34)48(60)58-28-11-15-43(58)46-52-31-41(54-46)37-21-17-35(18-22-37)36-19-23-38(24-20-36)42-32-53-47(55-42)44-16-12-29-59(44)49(61)45(39-13-7-5-8-14-39)56-26-9-6-10-27-56/h5,7-8,13-14,17-24,31-32,34,40,43-45H,6,9-12,15-16,25-30,33H2,1-4H3,(H,52,54)(H,53,55)/t34?,40?,43-,44-,45+/m0/s1. The Morgan fingerprint density at radius 2 is 1.19 bits per heavy atom. The van der Waals surface area contributed by atoms with E-state index in [0.29, 0.717) is 19.6 Å². The van der Waals surface area contributed by atoms with Gasteiger partial charge in [0.15, 0.2) is 0 Å². The van der Waals surface area contributed by atoms with Crippen molar-refractivity contribution in [1.29, 1.82) is 0 Å². The number of rotatable bonds is 9. The number of aromatic amines is 2. The second-order valence-electron chi connectivity index (χ2n) is 19.1. The highest BCUT2D eigenvalue weighted by atomic mass is 16.6. The van der Waals surface area contributed by atoms with Crippen molar-refractivity contribution < 1.29 is 19.1 Å². The number of benzene rings is 3. The average molecular weight is 851 g/mol. The topological polar surface area (TPSA) is 131 Å². The highest BCUT2D eigenvalue weighted by molar-refractivity contribution is 5.84. The number of likely N-dealkylation sites (tertiary alicyclic amines) is 4. The van der Waals surface area contributed by atoms with Gasteiger partial charge in [-0.25, -0.2) is 14.8 Å². The quantitative estimate of drug-likeness (QED) is 0.151. The van der Waals surface area contributed by atoms with Gasteiger partial charge in [0.2, 0.25) is 11.8 Å². The van der Waals surface area contributed by atoms with Crippen molar-refractivity contribution in [2.75, 3.05) is 39.3 Å². The number of carbonyl (C=O) groups excluding carboxylic acids is 3. The van der Waals surface area contributed by atoms with Gasteiger partial charge in [-0.3, -0.25) is 14.5 Å². The molecule has 5 atom stereocenters. The minimum absolute atomic E-state index is 0.0744. The third-order valence-corrected chi connectivity index (χ3v) is 13.7. The summed E-state index contributed by atoms with van der Waals surface area (Å²) >= 11 is 0. The van der Waals surface area contributed by atoms with Crippen LogP contribution in [0.25, 0.3) is 33.6 Å². The molecule has 0 aliphatic carbocycles. The highest BCUT2D eigenvalue weighted by Gasteiger charge is 2.42. The molecule has 4 saturated heterocycles. The fraction of sp³-hybridized carbons (Fsp3) is 0.471. The normalized spacial score (nSPS) is 22.6.